The van der Waals surface area contributed by atoms with Crippen LogP contribution in [0.2, 0.25) is 0 Å². The lowest BCUT2D eigenvalue weighted by Crippen LogP contribution is -3.13. The Hall–Kier alpha value is -1.64. The number of thiocarbonyl (C=S) groups is 1. The maximum Gasteiger partial charge on any atom is 0.169 e. The zero-order valence-corrected chi connectivity index (χ0v) is 15.9. The topological polar surface area (TPSA) is 43.5 Å². The minimum Gasteiger partial charge on any atom is -0.360 e. The molecule has 1 aromatic carbocycles. The molecule has 2 atom stereocenters. The van der Waals surface area contributed by atoms with E-state index in [-0.39, 0.29) is 0 Å². The van der Waals surface area contributed by atoms with Gasteiger partial charge < -0.3 is 15.1 Å². The summed E-state index contributed by atoms with van der Waals surface area (Å²) in [7, 11) is 0. The molecule has 2 fully saturated rings. The molecule has 2 aliphatic rings. The minimum atomic E-state index is 0.560. The molecule has 0 unspecified atom stereocenters. The van der Waals surface area contributed by atoms with Crippen molar-refractivity contribution in [2.75, 3.05) is 26.2 Å². The van der Waals surface area contributed by atoms with Crippen molar-refractivity contribution in [2.45, 2.75) is 45.2 Å². The quantitative estimate of drug-likeness (QED) is 0.809. The van der Waals surface area contributed by atoms with E-state index in [0.29, 0.717) is 6.04 Å². The van der Waals surface area contributed by atoms with Crippen LogP contribution in [0.15, 0.2) is 24.3 Å². The molecule has 1 heterocycles. The zero-order chi connectivity index (χ0) is 17.6. The first-order valence-electron chi connectivity index (χ1n) is 9.54. The lowest BCUT2D eigenvalue weighted by molar-refractivity contribution is -0.917. The molecule has 0 radical (unpaired) electrons. The van der Waals surface area contributed by atoms with Crippen LogP contribution in [0.1, 0.15) is 43.7 Å². The third-order valence-electron chi connectivity index (χ3n) is 5.72. The molecule has 1 saturated carbocycles. The van der Waals surface area contributed by atoms with Gasteiger partial charge in [-0.05, 0) is 43.1 Å². The van der Waals surface area contributed by atoms with Crippen LogP contribution < -0.4 is 10.2 Å². The highest BCUT2D eigenvalue weighted by Gasteiger charge is 2.26. The number of piperazine rings is 1. The van der Waals surface area contributed by atoms with E-state index in [9.17, 15) is 0 Å². The van der Waals surface area contributed by atoms with E-state index in [4.69, 9.17) is 17.5 Å². The fraction of sp³-hybridized carbons (Fsp3) is 0.600. The van der Waals surface area contributed by atoms with Gasteiger partial charge in [0.05, 0.1) is 37.8 Å². The summed E-state index contributed by atoms with van der Waals surface area (Å²) in [5.41, 5.74) is 2.04. The summed E-state index contributed by atoms with van der Waals surface area (Å²) in [6.07, 6.45) is 5.27. The first kappa shape index (κ1) is 18.2. The molecule has 0 spiro atoms. The first-order chi connectivity index (χ1) is 12.2. The summed E-state index contributed by atoms with van der Waals surface area (Å²) >= 11 is 5.68. The average molecular weight is 358 g/mol. The maximum absolute atomic E-state index is 8.89. The second-order valence-corrected chi connectivity index (χ2v) is 7.93. The van der Waals surface area contributed by atoms with Crippen molar-refractivity contribution in [3.63, 3.8) is 0 Å². The van der Waals surface area contributed by atoms with Gasteiger partial charge in [0, 0.05) is 11.6 Å². The summed E-state index contributed by atoms with van der Waals surface area (Å²) in [5, 5.41) is 13.5. The van der Waals surface area contributed by atoms with Crippen molar-refractivity contribution in [2.24, 2.45) is 5.92 Å². The summed E-state index contributed by atoms with van der Waals surface area (Å²) in [5.74, 6) is 0.731. The molecule has 2 N–H and O–H groups in total. The number of nitrogens with zero attached hydrogens (tertiary/aromatic N) is 2. The SMILES string of the molecule is C[C@@H]1CCCC[C@H]1NC(=S)N1CC[NH+](Cc2ccc(C#N)cc2)CC1. The Morgan fingerprint density at radius 2 is 1.92 bits per heavy atom. The highest BCUT2D eigenvalue weighted by atomic mass is 32.1. The molecular weight excluding hydrogens is 328 g/mol. The Morgan fingerprint density at radius 3 is 2.56 bits per heavy atom. The molecule has 0 aromatic heterocycles. The molecule has 0 amide bonds. The van der Waals surface area contributed by atoms with E-state index in [1.54, 1.807) is 4.90 Å². The van der Waals surface area contributed by atoms with Gasteiger partial charge in [-0.25, -0.2) is 0 Å². The van der Waals surface area contributed by atoms with Crippen LogP contribution in [0.25, 0.3) is 0 Å². The van der Waals surface area contributed by atoms with E-state index < -0.39 is 0 Å². The monoisotopic (exact) mass is 357 g/mol. The number of rotatable bonds is 3. The number of nitriles is 1. The molecule has 1 aromatic rings. The lowest BCUT2D eigenvalue weighted by Gasteiger charge is -2.37. The van der Waals surface area contributed by atoms with Crippen molar-refractivity contribution in [3.8, 4) is 6.07 Å². The van der Waals surface area contributed by atoms with Crippen molar-refractivity contribution < 1.29 is 4.90 Å². The molecule has 0 bridgehead atoms. The first-order valence-corrected chi connectivity index (χ1v) is 9.94. The van der Waals surface area contributed by atoms with Gasteiger partial charge in [-0.15, -0.1) is 0 Å². The van der Waals surface area contributed by atoms with E-state index in [2.05, 4.69) is 35.3 Å². The molecule has 5 heteroatoms. The fourth-order valence-electron chi connectivity index (χ4n) is 3.97. The smallest absolute Gasteiger partial charge is 0.169 e. The van der Waals surface area contributed by atoms with Gasteiger partial charge in [0.1, 0.15) is 6.54 Å². The van der Waals surface area contributed by atoms with Gasteiger partial charge in [0.15, 0.2) is 5.11 Å². The minimum absolute atomic E-state index is 0.560. The summed E-state index contributed by atoms with van der Waals surface area (Å²) in [6, 6.07) is 10.7. The van der Waals surface area contributed by atoms with E-state index >= 15 is 0 Å². The molecular formula is C20H29N4S+. The van der Waals surface area contributed by atoms with Crippen molar-refractivity contribution in [1.82, 2.24) is 10.2 Å². The van der Waals surface area contributed by atoms with Crippen LogP contribution in [0.5, 0.6) is 0 Å². The fourth-order valence-corrected chi connectivity index (χ4v) is 4.30. The van der Waals surface area contributed by atoms with Crippen LogP contribution in [0, 0.1) is 17.2 Å². The number of hydrogen-bond donors (Lipinski definition) is 2. The van der Waals surface area contributed by atoms with Crippen molar-refractivity contribution in [1.29, 1.82) is 5.26 Å². The number of nitrogens with one attached hydrogen (secondary N) is 2. The Labute approximate surface area is 156 Å². The number of hydrogen-bond acceptors (Lipinski definition) is 2. The Bertz CT molecular complexity index is 614. The van der Waals surface area contributed by atoms with Crippen molar-refractivity contribution in [3.05, 3.63) is 35.4 Å². The third-order valence-corrected chi connectivity index (χ3v) is 6.09. The molecule has 25 heavy (non-hydrogen) atoms. The highest BCUT2D eigenvalue weighted by molar-refractivity contribution is 7.80. The van der Waals surface area contributed by atoms with Gasteiger partial charge in [0.25, 0.3) is 0 Å². The van der Waals surface area contributed by atoms with Crippen LogP contribution in [0.4, 0.5) is 0 Å². The normalized spacial score (nSPS) is 24.6. The summed E-state index contributed by atoms with van der Waals surface area (Å²) < 4.78 is 0. The highest BCUT2D eigenvalue weighted by Crippen LogP contribution is 2.23. The Morgan fingerprint density at radius 1 is 1.24 bits per heavy atom. The largest absolute Gasteiger partial charge is 0.360 e. The Kier molecular flexibility index (Phi) is 6.28. The van der Waals surface area contributed by atoms with E-state index in [1.165, 1.54) is 31.2 Å². The van der Waals surface area contributed by atoms with Gasteiger partial charge in [0.2, 0.25) is 0 Å². The van der Waals surface area contributed by atoms with Gasteiger partial charge >= 0.3 is 0 Å². The lowest BCUT2D eigenvalue weighted by atomic mass is 9.86. The molecule has 1 aliphatic heterocycles. The zero-order valence-electron chi connectivity index (χ0n) is 15.1. The average Bonchev–Trinajstić information content (AvgIpc) is 2.65. The molecule has 3 rings (SSSR count). The summed E-state index contributed by atoms with van der Waals surface area (Å²) in [4.78, 5) is 3.94. The van der Waals surface area contributed by atoms with Crippen molar-refractivity contribution >= 4 is 17.3 Å². The molecule has 4 nitrogen and oxygen atoms in total. The van der Waals surface area contributed by atoms with E-state index in [1.807, 2.05) is 12.1 Å². The van der Waals surface area contributed by atoms with Gasteiger partial charge in [-0.1, -0.05) is 31.9 Å². The summed E-state index contributed by atoms with van der Waals surface area (Å²) in [6.45, 7) is 7.65. The third kappa shape index (κ3) is 4.93. The van der Waals surface area contributed by atoms with E-state index in [0.717, 1.165) is 49.3 Å². The van der Waals surface area contributed by atoms with Crippen LogP contribution in [0.3, 0.4) is 0 Å². The van der Waals surface area contributed by atoms with Gasteiger partial charge in [-0.2, -0.15) is 5.26 Å². The van der Waals surface area contributed by atoms with Crippen LogP contribution >= 0.6 is 12.2 Å². The molecule has 134 valence electrons. The second-order valence-electron chi connectivity index (χ2n) is 7.54. The number of quaternary nitrogens is 1. The second kappa shape index (κ2) is 8.64. The Balaban J connectivity index is 1.44. The molecule has 1 aliphatic carbocycles. The standard InChI is InChI=1S/C20H28N4S/c1-16-4-2-3-5-19(16)22-20(25)24-12-10-23(11-13-24)15-18-8-6-17(14-21)7-9-18/h6-9,16,19H,2-5,10-13,15H2,1H3,(H,22,25)/p+1/t16-,19-/m1/s1. The predicted molar refractivity (Wildman–Crippen MR) is 104 cm³/mol. The van der Waals surface area contributed by atoms with Crippen LogP contribution in [-0.2, 0) is 6.54 Å². The predicted octanol–water partition coefficient (Wildman–Crippen LogP) is 1.71. The maximum atomic E-state index is 8.89. The molecule has 1 saturated heterocycles. The number of benzene rings is 1. The van der Waals surface area contributed by atoms with Gasteiger partial charge in [-0.3, -0.25) is 0 Å². The van der Waals surface area contributed by atoms with Crippen LogP contribution in [-0.4, -0.2) is 42.2 Å².